The van der Waals surface area contributed by atoms with Crippen LogP contribution in [-0.2, 0) is 0 Å². The second-order valence-corrected chi connectivity index (χ2v) is 5.94. The molecule has 0 saturated carbocycles. The average molecular weight is 322 g/mol. The van der Waals surface area contributed by atoms with Crippen molar-refractivity contribution in [3.05, 3.63) is 47.2 Å². The molecule has 0 aliphatic heterocycles. The van der Waals surface area contributed by atoms with Crippen molar-refractivity contribution in [1.82, 2.24) is 15.1 Å². The van der Waals surface area contributed by atoms with Crippen LogP contribution in [0.2, 0.25) is 5.02 Å². The number of benzene rings is 1. The van der Waals surface area contributed by atoms with Crippen LogP contribution in [0.25, 0.3) is 5.69 Å². The van der Waals surface area contributed by atoms with Gasteiger partial charge in [-0.3, -0.25) is 4.79 Å². The molecule has 1 atom stereocenters. The summed E-state index contributed by atoms with van der Waals surface area (Å²) in [5, 5.41) is 17.3. The second-order valence-electron chi connectivity index (χ2n) is 5.51. The molecule has 0 aliphatic rings. The first-order chi connectivity index (χ1) is 10.5. The Kier molecular flexibility index (Phi) is 5.57. The summed E-state index contributed by atoms with van der Waals surface area (Å²) in [6.45, 7) is 4.33. The van der Waals surface area contributed by atoms with Gasteiger partial charge < -0.3 is 10.4 Å². The molecule has 1 unspecified atom stereocenters. The first kappa shape index (κ1) is 16.5. The van der Waals surface area contributed by atoms with Crippen molar-refractivity contribution >= 4 is 17.5 Å². The summed E-state index contributed by atoms with van der Waals surface area (Å²) in [6.07, 6.45) is 3.31. The third-order valence-corrected chi connectivity index (χ3v) is 3.68. The number of hydrogen-bond acceptors (Lipinski definition) is 3. The maximum Gasteiger partial charge on any atom is 0.254 e. The molecule has 5 nitrogen and oxygen atoms in total. The number of nitrogens with one attached hydrogen (secondary N) is 1. The van der Waals surface area contributed by atoms with Crippen molar-refractivity contribution in [3.8, 4) is 5.69 Å². The van der Waals surface area contributed by atoms with Gasteiger partial charge in [0.25, 0.3) is 5.91 Å². The van der Waals surface area contributed by atoms with Gasteiger partial charge in [0.1, 0.15) is 0 Å². The lowest BCUT2D eigenvalue weighted by molar-refractivity contribution is 0.0920. The third kappa shape index (κ3) is 4.32. The molecule has 0 spiro atoms. The SMILES string of the molecule is CC(C)C(O)CCNC(=O)c1cnn(-c2ccc(Cl)cc2)c1. The molecule has 0 bridgehead atoms. The van der Waals surface area contributed by atoms with Crippen LogP contribution in [0, 0.1) is 5.92 Å². The first-order valence-electron chi connectivity index (χ1n) is 7.24. The smallest absolute Gasteiger partial charge is 0.254 e. The van der Waals surface area contributed by atoms with E-state index in [9.17, 15) is 9.90 Å². The lowest BCUT2D eigenvalue weighted by atomic mass is 10.0. The number of carbonyl (C=O) groups is 1. The van der Waals surface area contributed by atoms with Crippen molar-refractivity contribution in [2.75, 3.05) is 6.54 Å². The van der Waals surface area contributed by atoms with Gasteiger partial charge in [0.05, 0.1) is 23.6 Å². The van der Waals surface area contributed by atoms with E-state index in [2.05, 4.69) is 10.4 Å². The van der Waals surface area contributed by atoms with Crippen molar-refractivity contribution in [2.45, 2.75) is 26.4 Å². The summed E-state index contributed by atoms with van der Waals surface area (Å²) in [5.41, 5.74) is 1.31. The van der Waals surface area contributed by atoms with E-state index >= 15 is 0 Å². The van der Waals surface area contributed by atoms with Gasteiger partial charge in [0.15, 0.2) is 0 Å². The fourth-order valence-electron chi connectivity index (χ4n) is 1.94. The summed E-state index contributed by atoms with van der Waals surface area (Å²) in [4.78, 5) is 12.0. The zero-order chi connectivity index (χ0) is 16.1. The summed E-state index contributed by atoms with van der Waals surface area (Å²) in [7, 11) is 0. The number of halogens is 1. The molecule has 0 aliphatic carbocycles. The number of aliphatic hydroxyl groups is 1. The summed E-state index contributed by atoms with van der Waals surface area (Å²) in [6, 6.07) is 7.20. The van der Waals surface area contributed by atoms with Gasteiger partial charge in [-0.2, -0.15) is 5.10 Å². The molecule has 1 heterocycles. The van der Waals surface area contributed by atoms with Crippen LogP contribution in [0.5, 0.6) is 0 Å². The fraction of sp³-hybridized carbons (Fsp3) is 0.375. The number of nitrogens with zero attached hydrogens (tertiary/aromatic N) is 2. The van der Waals surface area contributed by atoms with Gasteiger partial charge in [-0.1, -0.05) is 25.4 Å². The monoisotopic (exact) mass is 321 g/mol. The highest BCUT2D eigenvalue weighted by Crippen LogP contribution is 2.13. The van der Waals surface area contributed by atoms with Gasteiger partial charge >= 0.3 is 0 Å². The Morgan fingerprint density at radius 1 is 1.36 bits per heavy atom. The highest BCUT2D eigenvalue weighted by atomic mass is 35.5. The number of hydrogen-bond donors (Lipinski definition) is 2. The van der Waals surface area contributed by atoms with Crippen molar-refractivity contribution in [3.63, 3.8) is 0 Å². The van der Waals surface area contributed by atoms with Crippen LogP contribution in [-0.4, -0.2) is 33.4 Å². The summed E-state index contributed by atoms with van der Waals surface area (Å²) in [5.74, 6) is -0.0132. The number of aliphatic hydroxyl groups excluding tert-OH is 1. The Morgan fingerprint density at radius 2 is 2.05 bits per heavy atom. The number of carbonyl (C=O) groups excluding carboxylic acids is 1. The van der Waals surface area contributed by atoms with Gasteiger partial charge in [-0.05, 0) is 36.6 Å². The van der Waals surface area contributed by atoms with Crippen LogP contribution in [0.3, 0.4) is 0 Å². The molecule has 0 radical (unpaired) electrons. The highest BCUT2D eigenvalue weighted by Gasteiger charge is 2.12. The Morgan fingerprint density at radius 3 is 2.68 bits per heavy atom. The lowest BCUT2D eigenvalue weighted by Gasteiger charge is -2.14. The predicted molar refractivity (Wildman–Crippen MR) is 86.4 cm³/mol. The molecule has 2 rings (SSSR count). The maximum absolute atomic E-state index is 12.0. The van der Waals surface area contributed by atoms with E-state index in [1.165, 1.54) is 6.20 Å². The van der Waals surface area contributed by atoms with Crippen LogP contribution in [0.4, 0.5) is 0 Å². The average Bonchev–Trinajstić information content (AvgIpc) is 2.97. The molecule has 0 saturated heterocycles. The van der Waals surface area contributed by atoms with Crippen molar-refractivity contribution < 1.29 is 9.90 Å². The normalized spacial score (nSPS) is 12.4. The zero-order valence-electron chi connectivity index (χ0n) is 12.7. The van der Waals surface area contributed by atoms with E-state index in [1.807, 2.05) is 26.0 Å². The summed E-state index contributed by atoms with van der Waals surface area (Å²) < 4.78 is 1.62. The Labute approximate surface area is 134 Å². The first-order valence-corrected chi connectivity index (χ1v) is 7.62. The molecule has 118 valence electrons. The zero-order valence-corrected chi connectivity index (χ0v) is 13.4. The fourth-order valence-corrected chi connectivity index (χ4v) is 2.07. The Balaban J connectivity index is 1.93. The number of rotatable bonds is 6. The van der Waals surface area contributed by atoms with Crippen LogP contribution < -0.4 is 5.32 Å². The second kappa shape index (κ2) is 7.42. The molecule has 22 heavy (non-hydrogen) atoms. The predicted octanol–water partition coefficient (Wildman–Crippen LogP) is 2.66. The topological polar surface area (TPSA) is 67.2 Å². The van der Waals surface area contributed by atoms with E-state index in [4.69, 9.17) is 11.6 Å². The maximum atomic E-state index is 12.0. The van der Waals surface area contributed by atoms with Gasteiger partial charge in [-0.25, -0.2) is 4.68 Å². The molecule has 1 amide bonds. The minimum absolute atomic E-state index is 0.185. The summed E-state index contributed by atoms with van der Waals surface area (Å²) >= 11 is 5.85. The number of amides is 1. The van der Waals surface area contributed by atoms with Gasteiger partial charge in [0.2, 0.25) is 0 Å². The molecule has 1 aromatic heterocycles. The van der Waals surface area contributed by atoms with Crippen molar-refractivity contribution in [2.24, 2.45) is 5.92 Å². The Hall–Kier alpha value is -1.85. The molecule has 6 heteroatoms. The molecular weight excluding hydrogens is 302 g/mol. The molecule has 2 aromatic rings. The van der Waals surface area contributed by atoms with E-state index < -0.39 is 6.10 Å². The van der Waals surface area contributed by atoms with Crippen LogP contribution in [0.1, 0.15) is 30.6 Å². The van der Waals surface area contributed by atoms with E-state index in [0.717, 1.165) is 5.69 Å². The largest absolute Gasteiger partial charge is 0.393 e. The van der Waals surface area contributed by atoms with Gasteiger partial charge in [0, 0.05) is 17.8 Å². The molecule has 2 N–H and O–H groups in total. The van der Waals surface area contributed by atoms with Gasteiger partial charge in [-0.15, -0.1) is 0 Å². The quantitative estimate of drug-likeness (QED) is 0.859. The number of aromatic nitrogens is 2. The van der Waals surface area contributed by atoms with E-state index in [0.29, 0.717) is 23.6 Å². The van der Waals surface area contributed by atoms with E-state index in [1.54, 1.807) is 23.0 Å². The highest BCUT2D eigenvalue weighted by molar-refractivity contribution is 6.30. The molecular formula is C16H20ClN3O2. The van der Waals surface area contributed by atoms with Crippen molar-refractivity contribution in [1.29, 1.82) is 0 Å². The minimum atomic E-state index is -0.405. The standard InChI is InChI=1S/C16H20ClN3O2/c1-11(2)15(21)7-8-18-16(22)12-9-19-20(10-12)14-5-3-13(17)4-6-14/h3-6,9-11,15,21H,7-8H2,1-2H3,(H,18,22). The van der Waals surface area contributed by atoms with E-state index in [-0.39, 0.29) is 11.8 Å². The Bertz CT molecular complexity index is 623. The lowest BCUT2D eigenvalue weighted by Crippen LogP contribution is -2.28. The molecule has 0 fully saturated rings. The van der Waals surface area contributed by atoms with Crippen LogP contribution in [0.15, 0.2) is 36.7 Å². The van der Waals surface area contributed by atoms with Crippen LogP contribution >= 0.6 is 11.6 Å². The molecule has 1 aromatic carbocycles. The third-order valence-electron chi connectivity index (χ3n) is 3.43. The minimum Gasteiger partial charge on any atom is -0.393 e.